The minimum Gasteiger partial charge on any atom is -0.383 e. The number of hydrogen-bond acceptors (Lipinski definition) is 4. The third kappa shape index (κ3) is 4.45. The second-order valence-corrected chi connectivity index (χ2v) is 4.79. The third-order valence-corrected chi connectivity index (χ3v) is 2.62. The maximum atomic E-state index is 11.2. The number of carbonyl (C=O) groups is 1. The van der Waals surface area contributed by atoms with Crippen molar-refractivity contribution in [2.75, 3.05) is 31.7 Å². The minimum absolute atomic E-state index is 0.00569. The first-order valence-electron chi connectivity index (χ1n) is 6.25. The Morgan fingerprint density at radius 2 is 2.17 bits per heavy atom. The Hall–Kier alpha value is -1.42. The number of nitrogens with zero attached hydrogens (tertiary/aromatic N) is 2. The van der Waals surface area contributed by atoms with Gasteiger partial charge in [0.15, 0.2) is 5.78 Å². The van der Waals surface area contributed by atoms with E-state index < -0.39 is 0 Å². The standard InChI is InChI=1S/C14H22N2O2/c1-11(2)10-16(7-8-18-4)13-5-6-14(12(3)17)15-9-13/h5-6,9,11H,7-8,10H2,1-4H3. The van der Waals surface area contributed by atoms with Crippen LogP contribution < -0.4 is 4.90 Å². The summed E-state index contributed by atoms with van der Waals surface area (Å²) >= 11 is 0. The highest BCUT2D eigenvalue weighted by Crippen LogP contribution is 2.15. The molecule has 1 aromatic rings. The number of methoxy groups -OCH3 is 1. The number of carbonyl (C=O) groups excluding carboxylic acids is 1. The molecule has 0 saturated heterocycles. The first-order chi connectivity index (χ1) is 8.54. The number of aromatic nitrogens is 1. The largest absolute Gasteiger partial charge is 0.383 e. The van der Waals surface area contributed by atoms with Crippen molar-refractivity contribution in [3.05, 3.63) is 24.0 Å². The molecule has 0 aliphatic rings. The van der Waals surface area contributed by atoms with Crippen LogP contribution in [-0.2, 0) is 4.74 Å². The van der Waals surface area contributed by atoms with Gasteiger partial charge in [0, 0.05) is 27.1 Å². The monoisotopic (exact) mass is 250 g/mol. The van der Waals surface area contributed by atoms with E-state index in [0.717, 1.165) is 18.8 Å². The topological polar surface area (TPSA) is 42.4 Å². The molecule has 1 rings (SSSR count). The van der Waals surface area contributed by atoms with E-state index in [1.807, 2.05) is 6.07 Å². The fourth-order valence-electron chi connectivity index (χ4n) is 1.75. The van der Waals surface area contributed by atoms with Gasteiger partial charge in [-0.05, 0) is 18.1 Å². The van der Waals surface area contributed by atoms with Crippen molar-refractivity contribution in [1.82, 2.24) is 4.98 Å². The van der Waals surface area contributed by atoms with Crippen LogP contribution in [0.5, 0.6) is 0 Å². The molecule has 0 unspecified atom stereocenters. The van der Waals surface area contributed by atoms with E-state index in [1.165, 1.54) is 6.92 Å². The van der Waals surface area contributed by atoms with Gasteiger partial charge in [0.25, 0.3) is 0 Å². The number of rotatable bonds is 7. The summed E-state index contributed by atoms with van der Waals surface area (Å²) in [5.41, 5.74) is 1.54. The highest BCUT2D eigenvalue weighted by Gasteiger charge is 2.09. The third-order valence-electron chi connectivity index (χ3n) is 2.62. The molecule has 0 N–H and O–H groups in total. The molecule has 0 saturated carbocycles. The normalized spacial score (nSPS) is 10.7. The molecule has 4 nitrogen and oxygen atoms in total. The SMILES string of the molecule is COCCN(CC(C)C)c1ccc(C(C)=O)nc1. The van der Waals surface area contributed by atoms with Crippen LogP contribution >= 0.6 is 0 Å². The predicted molar refractivity (Wildman–Crippen MR) is 73.2 cm³/mol. The Morgan fingerprint density at radius 1 is 1.44 bits per heavy atom. The second-order valence-electron chi connectivity index (χ2n) is 4.79. The Balaban J connectivity index is 2.80. The van der Waals surface area contributed by atoms with Crippen molar-refractivity contribution in [3.8, 4) is 0 Å². The molecular formula is C14H22N2O2. The van der Waals surface area contributed by atoms with Gasteiger partial charge < -0.3 is 9.64 Å². The molecule has 0 fully saturated rings. The zero-order valence-electron chi connectivity index (χ0n) is 11.6. The van der Waals surface area contributed by atoms with Crippen LogP contribution in [0.15, 0.2) is 18.3 Å². The Labute approximate surface area is 109 Å². The number of ketones is 1. The maximum absolute atomic E-state index is 11.2. The van der Waals surface area contributed by atoms with Crippen LogP contribution in [0.3, 0.4) is 0 Å². The van der Waals surface area contributed by atoms with Crippen molar-refractivity contribution in [2.24, 2.45) is 5.92 Å². The van der Waals surface area contributed by atoms with Crippen LogP contribution in [0.2, 0.25) is 0 Å². The van der Waals surface area contributed by atoms with Gasteiger partial charge >= 0.3 is 0 Å². The minimum atomic E-state index is -0.00569. The first-order valence-corrected chi connectivity index (χ1v) is 6.25. The average molecular weight is 250 g/mol. The molecule has 0 bridgehead atoms. The molecule has 0 aliphatic carbocycles. The molecule has 0 radical (unpaired) electrons. The summed E-state index contributed by atoms with van der Waals surface area (Å²) in [5, 5.41) is 0. The molecule has 0 spiro atoms. The molecule has 1 heterocycles. The number of pyridine rings is 1. The van der Waals surface area contributed by atoms with Crippen molar-refractivity contribution >= 4 is 11.5 Å². The smallest absolute Gasteiger partial charge is 0.178 e. The summed E-state index contributed by atoms with van der Waals surface area (Å²) in [6.45, 7) is 8.34. The quantitative estimate of drug-likeness (QED) is 0.697. The average Bonchev–Trinajstić information content (AvgIpc) is 2.34. The van der Waals surface area contributed by atoms with E-state index in [4.69, 9.17) is 4.74 Å². The van der Waals surface area contributed by atoms with Gasteiger partial charge in [-0.25, -0.2) is 0 Å². The molecule has 1 aromatic heterocycles. The number of hydrogen-bond donors (Lipinski definition) is 0. The van der Waals surface area contributed by atoms with Crippen LogP contribution in [0.25, 0.3) is 0 Å². The van der Waals surface area contributed by atoms with E-state index in [-0.39, 0.29) is 5.78 Å². The zero-order chi connectivity index (χ0) is 13.5. The van der Waals surface area contributed by atoms with Crippen molar-refractivity contribution in [2.45, 2.75) is 20.8 Å². The van der Waals surface area contributed by atoms with E-state index in [2.05, 4.69) is 23.7 Å². The van der Waals surface area contributed by atoms with E-state index in [9.17, 15) is 4.79 Å². The summed E-state index contributed by atoms with van der Waals surface area (Å²) in [5.74, 6) is 0.559. The summed E-state index contributed by atoms with van der Waals surface area (Å²) < 4.78 is 5.12. The second kappa shape index (κ2) is 7.11. The van der Waals surface area contributed by atoms with E-state index in [1.54, 1.807) is 19.4 Å². The van der Waals surface area contributed by atoms with Crippen LogP contribution in [0, 0.1) is 5.92 Å². The molecule has 18 heavy (non-hydrogen) atoms. The van der Waals surface area contributed by atoms with Gasteiger partial charge in [-0.1, -0.05) is 13.8 Å². The predicted octanol–water partition coefficient (Wildman–Crippen LogP) is 2.39. The first kappa shape index (κ1) is 14.6. The van der Waals surface area contributed by atoms with Crippen LogP contribution in [0.1, 0.15) is 31.3 Å². The summed E-state index contributed by atoms with van der Waals surface area (Å²) in [6.07, 6.45) is 1.76. The van der Waals surface area contributed by atoms with Gasteiger partial charge in [-0.15, -0.1) is 0 Å². The molecule has 100 valence electrons. The molecule has 0 aromatic carbocycles. The van der Waals surface area contributed by atoms with Gasteiger partial charge in [0.05, 0.1) is 18.5 Å². The van der Waals surface area contributed by atoms with Gasteiger partial charge in [0.1, 0.15) is 5.69 Å². The van der Waals surface area contributed by atoms with E-state index >= 15 is 0 Å². The zero-order valence-corrected chi connectivity index (χ0v) is 11.6. The van der Waals surface area contributed by atoms with Gasteiger partial charge in [-0.3, -0.25) is 9.78 Å². The lowest BCUT2D eigenvalue weighted by Gasteiger charge is -2.26. The fraction of sp³-hybridized carbons (Fsp3) is 0.571. The Bertz CT molecular complexity index is 374. The van der Waals surface area contributed by atoms with Crippen molar-refractivity contribution in [1.29, 1.82) is 0 Å². The van der Waals surface area contributed by atoms with Crippen LogP contribution in [-0.4, -0.2) is 37.6 Å². The summed E-state index contributed by atoms with van der Waals surface area (Å²) in [7, 11) is 1.70. The summed E-state index contributed by atoms with van der Waals surface area (Å²) in [4.78, 5) is 17.6. The molecule has 0 amide bonds. The van der Waals surface area contributed by atoms with E-state index in [0.29, 0.717) is 18.2 Å². The Morgan fingerprint density at radius 3 is 2.61 bits per heavy atom. The maximum Gasteiger partial charge on any atom is 0.178 e. The Kier molecular flexibility index (Phi) is 5.78. The number of anilines is 1. The van der Waals surface area contributed by atoms with Crippen molar-refractivity contribution < 1.29 is 9.53 Å². The molecule has 0 aliphatic heterocycles. The highest BCUT2D eigenvalue weighted by atomic mass is 16.5. The molecular weight excluding hydrogens is 228 g/mol. The summed E-state index contributed by atoms with van der Waals surface area (Å²) in [6, 6.07) is 3.72. The van der Waals surface area contributed by atoms with Gasteiger partial charge in [0.2, 0.25) is 0 Å². The number of ether oxygens (including phenoxy) is 1. The lowest BCUT2D eigenvalue weighted by Crippen LogP contribution is -2.31. The lowest BCUT2D eigenvalue weighted by atomic mass is 10.2. The molecule has 4 heteroatoms. The molecule has 0 atom stereocenters. The van der Waals surface area contributed by atoms with Crippen molar-refractivity contribution in [3.63, 3.8) is 0 Å². The highest BCUT2D eigenvalue weighted by molar-refractivity contribution is 5.92. The fourth-order valence-corrected chi connectivity index (χ4v) is 1.75. The van der Waals surface area contributed by atoms with Crippen LogP contribution in [0.4, 0.5) is 5.69 Å². The van der Waals surface area contributed by atoms with Gasteiger partial charge in [-0.2, -0.15) is 0 Å². The lowest BCUT2D eigenvalue weighted by molar-refractivity contribution is 0.101. The number of Topliss-reactive ketones (excluding diaryl/α,β-unsaturated/α-hetero) is 1.